The summed E-state index contributed by atoms with van der Waals surface area (Å²) in [4.78, 5) is 18.1. The van der Waals surface area contributed by atoms with Gasteiger partial charge < -0.3 is 9.64 Å². The number of aromatic nitrogens is 1. The minimum absolute atomic E-state index is 0.0375. The van der Waals surface area contributed by atoms with Crippen LogP contribution in [0, 0.1) is 6.92 Å². The predicted octanol–water partition coefficient (Wildman–Crippen LogP) is 1.63. The Hall–Kier alpha value is -0.940. The van der Waals surface area contributed by atoms with Crippen molar-refractivity contribution >= 4 is 21.8 Å². The fraction of sp³-hybridized carbons (Fsp3) is 0.500. The molecule has 4 nitrogen and oxygen atoms in total. The molecular weight excluding hydrogens is 284 g/mol. The van der Waals surface area contributed by atoms with Crippen LogP contribution in [-0.4, -0.2) is 46.9 Å². The van der Waals surface area contributed by atoms with Crippen LogP contribution in [0.5, 0.6) is 0 Å². The van der Waals surface area contributed by atoms with E-state index in [9.17, 15) is 4.79 Å². The third kappa shape index (κ3) is 3.04. The standard InChI is InChI=1S/C12H15BrN2O2/c1-9-4-10(7-14-6-9)12(16)15-2-3-17-11(5-13)8-15/h4,6-7,11H,2-3,5,8H2,1H3. The Labute approximate surface area is 109 Å². The van der Waals surface area contributed by atoms with Gasteiger partial charge >= 0.3 is 0 Å². The Bertz CT molecular complexity index is 411. The highest BCUT2D eigenvalue weighted by Crippen LogP contribution is 2.12. The number of carbonyl (C=O) groups excluding carboxylic acids is 1. The van der Waals surface area contributed by atoms with Gasteiger partial charge in [-0.25, -0.2) is 0 Å². The molecule has 1 aliphatic rings. The number of pyridine rings is 1. The van der Waals surface area contributed by atoms with E-state index in [0.717, 1.165) is 10.9 Å². The lowest BCUT2D eigenvalue weighted by atomic mass is 10.2. The first-order chi connectivity index (χ1) is 8.20. The van der Waals surface area contributed by atoms with E-state index in [2.05, 4.69) is 20.9 Å². The number of nitrogens with zero attached hydrogens (tertiary/aromatic N) is 2. The van der Waals surface area contributed by atoms with Gasteiger partial charge in [-0.15, -0.1) is 0 Å². The molecule has 0 spiro atoms. The number of hydrogen-bond acceptors (Lipinski definition) is 3. The highest BCUT2D eigenvalue weighted by atomic mass is 79.9. The SMILES string of the molecule is Cc1cncc(C(=O)N2CCOC(CBr)C2)c1. The lowest BCUT2D eigenvalue weighted by Crippen LogP contribution is -2.46. The summed E-state index contributed by atoms with van der Waals surface area (Å²) >= 11 is 3.38. The van der Waals surface area contributed by atoms with Crippen LogP contribution in [0.15, 0.2) is 18.5 Å². The third-order valence-electron chi connectivity index (χ3n) is 2.72. The zero-order chi connectivity index (χ0) is 12.3. The lowest BCUT2D eigenvalue weighted by Gasteiger charge is -2.32. The number of amides is 1. The van der Waals surface area contributed by atoms with Crippen molar-refractivity contribution in [2.75, 3.05) is 25.0 Å². The summed E-state index contributed by atoms with van der Waals surface area (Å²) in [5, 5.41) is 0.753. The predicted molar refractivity (Wildman–Crippen MR) is 68.4 cm³/mol. The van der Waals surface area contributed by atoms with E-state index in [0.29, 0.717) is 25.3 Å². The van der Waals surface area contributed by atoms with Crippen LogP contribution < -0.4 is 0 Å². The fourth-order valence-electron chi connectivity index (χ4n) is 1.85. The molecule has 92 valence electrons. The molecule has 1 aliphatic heterocycles. The Morgan fingerprint density at radius 2 is 2.47 bits per heavy atom. The molecule has 1 atom stereocenters. The minimum atomic E-state index is 0.0375. The molecule has 2 heterocycles. The molecule has 17 heavy (non-hydrogen) atoms. The molecule has 1 fully saturated rings. The Morgan fingerprint density at radius 3 is 3.18 bits per heavy atom. The van der Waals surface area contributed by atoms with Crippen LogP contribution in [0.25, 0.3) is 0 Å². The van der Waals surface area contributed by atoms with E-state index >= 15 is 0 Å². The number of aryl methyl sites for hydroxylation is 1. The molecule has 1 amide bonds. The Kier molecular flexibility index (Phi) is 4.12. The second-order valence-electron chi connectivity index (χ2n) is 4.15. The van der Waals surface area contributed by atoms with Crippen LogP contribution in [0.3, 0.4) is 0 Å². The number of ether oxygens (including phenoxy) is 1. The van der Waals surface area contributed by atoms with Gasteiger partial charge in [0.05, 0.1) is 18.3 Å². The summed E-state index contributed by atoms with van der Waals surface area (Å²) in [5.74, 6) is 0.0375. The van der Waals surface area contributed by atoms with Crippen molar-refractivity contribution in [3.8, 4) is 0 Å². The van der Waals surface area contributed by atoms with Crippen LogP contribution in [-0.2, 0) is 4.74 Å². The normalized spacial score (nSPS) is 20.4. The molecule has 0 aromatic carbocycles. The van der Waals surface area contributed by atoms with Crippen molar-refractivity contribution in [2.24, 2.45) is 0 Å². The van der Waals surface area contributed by atoms with Crippen molar-refractivity contribution in [2.45, 2.75) is 13.0 Å². The van der Waals surface area contributed by atoms with Crippen LogP contribution in [0.4, 0.5) is 0 Å². The summed E-state index contributed by atoms with van der Waals surface area (Å²) in [6, 6.07) is 1.87. The monoisotopic (exact) mass is 298 g/mol. The number of carbonyl (C=O) groups is 1. The highest BCUT2D eigenvalue weighted by molar-refractivity contribution is 9.09. The molecule has 0 aliphatic carbocycles. The number of alkyl halides is 1. The number of hydrogen-bond donors (Lipinski definition) is 0. The van der Waals surface area contributed by atoms with Crippen molar-refractivity contribution in [1.82, 2.24) is 9.88 Å². The van der Waals surface area contributed by atoms with E-state index in [1.54, 1.807) is 12.4 Å². The second-order valence-corrected chi connectivity index (χ2v) is 4.80. The van der Waals surface area contributed by atoms with Crippen LogP contribution in [0.1, 0.15) is 15.9 Å². The minimum Gasteiger partial charge on any atom is -0.374 e. The molecule has 0 radical (unpaired) electrons. The molecule has 2 rings (SSSR count). The Balaban J connectivity index is 2.09. The van der Waals surface area contributed by atoms with Crippen molar-refractivity contribution in [1.29, 1.82) is 0 Å². The first kappa shape index (κ1) is 12.5. The van der Waals surface area contributed by atoms with E-state index in [1.807, 2.05) is 17.9 Å². The van der Waals surface area contributed by atoms with Crippen molar-refractivity contribution in [3.05, 3.63) is 29.6 Å². The van der Waals surface area contributed by atoms with Gasteiger partial charge in [0.2, 0.25) is 0 Å². The number of rotatable bonds is 2. The maximum absolute atomic E-state index is 12.2. The summed E-state index contributed by atoms with van der Waals surface area (Å²) in [5.41, 5.74) is 1.65. The molecule has 1 aromatic heterocycles. The summed E-state index contributed by atoms with van der Waals surface area (Å²) < 4.78 is 5.51. The van der Waals surface area contributed by atoms with Crippen LogP contribution in [0.2, 0.25) is 0 Å². The number of halogens is 1. The van der Waals surface area contributed by atoms with Gasteiger partial charge in [-0.1, -0.05) is 15.9 Å². The maximum Gasteiger partial charge on any atom is 0.255 e. The summed E-state index contributed by atoms with van der Waals surface area (Å²) in [6.45, 7) is 3.82. The van der Waals surface area contributed by atoms with E-state index < -0.39 is 0 Å². The molecule has 1 unspecified atom stereocenters. The van der Waals surface area contributed by atoms with Gasteiger partial charge in [-0.2, -0.15) is 0 Å². The zero-order valence-corrected chi connectivity index (χ0v) is 11.3. The van der Waals surface area contributed by atoms with E-state index in [-0.39, 0.29) is 12.0 Å². The molecule has 5 heteroatoms. The number of morpholine rings is 1. The van der Waals surface area contributed by atoms with E-state index in [4.69, 9.17) is 4.74 Å². The topological polar surface area (TPSA) is 42.4 Å². The first-order valence-electron chi connectivity index (χ1n) is 5.59. The van der Waals surface area contributed by atoms with Gasteiger partial charge in [0, 0.05) is 30.8 Å². The third-order valence-corrected chi connectivity index (χ3v) is 3.44. The maximum atomic E-state index is 12.2. The quantitative estimate of drug-likeness (QED) is 0.780. The van der Waals surface area contributed by atoms with Crippen molar-refractivity contribution in [3.63, 3.8) is 0 Å². The van der Waals surface area contributed by atoms with Crippen molar-refractivity contribution < 1.29 is 9.53 Å². The average molecular weight is 299 g/mol. The van der Waals surface area contributed by atoms with Gasteiger partial charge in [0.25, 0.3) is 5.91 Å². The molecule has 1 aromatic rings. The summed E-state index contributed by atoms with van der Waals surface area (Å²) in [7, 11) is 0. The Morgan fingerprint density at radius 1 is 1.65 bits per heavy atom. The highest BCUT2D eigenvalue weighted by Gasteiger charge is 2.24. The smallest absolute Gasteiger partial charge is 0.255 e. The fourth-order valence-corrected chi connectivity index (χ4v) is 2.24. The molecule has 0 bridgehead atoms. The summed E-state index contributed by atoms with van der Waals surface area (Å²) in [6.07, 6.45) is 3.45. The second kappa shape index (κ2) is 5.60. The van der Waals surface area contributed by atoms with E-state index in [1.165, 1.54) is 0 Å². The molecule has 0 N–H and O–H groups in total. The van der Waals surface area contributed by atoms with Crippen LogP contribution >= 0.6 is 15.9 Å². The molecular formula is C12H15BrN2O2. The van der Waals surface area contributed by atoms with Gasteiger partial charge in [-0.3, -0.25) is 9.78 Å². The van der Waals surface area contributed by atoms with Gasteiger partial charge in [0.15, 0.2) is 0 Å². The first-order valence-corrected chi connectivity index (χ1v) is 6.71. The van der Waals surface area contributed by atoms with Gasteiger partial charge in [-0.05, 0) is 18.6 Å². The molecule has 1 saturated heterocycles. The average Bonchev–Trinajstić information content (AvgIpc) is 2.38. The lowest BCUT2D eigenvalue weighted by molar-refractivity contribution is -0.00966. The zero-order valence-electron chi connectivity index (χ0n) is 9.73. The van der Waals surface area contributed by atoms with Gasteiger partial charge in [0.1, 0.15) is 0 Å². The largest absolute Gasteiger partial charge is 0.374 e. The molecule has 0 saturated carbocycles.